The van der Waals surface area contributed by atoms with Crippen LogP contribution < -0.4 is 9.80 Å². The molecule has 0 spiro atoms. The molecule has 0 aromatic heterocycles. The van der Waals surface area contributed by atoms with Crippen LogP contribution in [-0.2, 0) is 21.7 Å². The van der Waals surface area contributed by atoms with Gasteiger partial charge in [0, 0.05) is 72.0 Å². The molecule has 0 unspecified atom stereocenters. The maximum absolute atomic E-state index is 13.3. The summed E-state index contributed by atoms with van der Waals surface area (Å²) in [6.45, 7) is 6.89. The summed E-state index contributed by atoms with van der Waals surface area (Å²) in [7, 11) is 0. The molecule has 216 valence electrons. The van der Waals surface area contributed by atoms with Crippen molar-refractivity contribution < 1.29 is 39.3 Å². The number of alkyl halides is 2. The van der Waals surface area contributed by atoms with Crippen LogP contribution in [0, 0.1) is 58.4 Å². The molecule has 0 saturated carbocycles. The molecular weight excluding hydrogens is 607 g/mol. The molecule has 2 fully saturated rings. The Bertz CT molecular complexity index is 1120. The van der Waals surface area contributed by atoms with Gasteiger partial charge in [-0.05, 0) is 11.4 Å². The van der Waals surface area contributed by atoms with E-state index in [1.54, 1.807) is 0 Å². The van der Waals surface area contributed by atoms with E-state index in [1.807, 2.05) is 60.1 Å². The third-order valence-corrected chi connectivity index (χ3v) is 7.76. The van der Waals surface area contributed by atoms with Crippen LogP contribution in [0.4, 0.5) is 28.9 Å². The maximum atomic E-state index is 13.3. The van der Waals surface area contributed by atoms with Gasteiger partial charge in [0.1, 0.15) is 0 Å². The molecule has 9 heteroatoms. The Hall–Kier alpha value is -1.99. The number of anilines is 2. The SMILES string of the molecule is CC1(CCl)CN(c2ccc(F)[c-]c2F)C1.CC1(CCl)CN(c2ccc(F)[c-]c2F)C1.[C-]1=CC=CC1.[C-]1=CC=CC1.[Ti+4]. The van der Waals surface area contributed by atoms with Gasteiger partial charge in [-0.15, -0.1) is 72.4 Å². The first-order valence-electron chi connectivity index (χ1n) is 12.9. The summed E-state index contributed by atoms with van der Waals surface area (Å²) in [6, 6.07) is 9.36. The van der Waals surface area contributed by atoms with E-state index >= 15 is 0 Å². The summed E-state index contributed by atoms with van der Waals surface area (Å²) in [5.74, 6) is -1.50. The van der Waals surface area contributed by atoms with Crippen molar-refractivity contribution in [3.05, 3.63) is 108 Å². The van der Waals surface area contributed by atoms with Crippen molar-refractivity contribution in [2.24, 2.45) is 10.8 Å². The molecule has 0 atom stereocenters. The van der Waals surface area contributed by atoms with Gasteiger partial charge in [0.2, 0.25) is 0 Å². The predicted molar refractivity (Wildman–Crippen MR) is 156 cm³/mol. The minimum absolute atomic E-state index is 0. The van der Waals surface area contributed by atoms with Crippen molar-refractivity contribution in [3.63, 3.8) is 0 Å². The number of hydrogen-bond acceptors (Lipinski definition) is 2. The standard InChI is InChI=1S/2C11H11ClF2N.2C5H5.Ti/c2*1-11(5-12)6-15(7-11)10-3-2-8(13)4-9(10)14;2*1-2-4-5-3-1;/h2*2-3H,5-7H2,1H3;2*1-3H,4H2;/q4*-1;+4. The Balaban J connectivity index is 0.000000211. The predicted octanol–water partition coefficient (Wildman–Crippen LogP) is 8.27. The van der Waals surface area contributed by atoms with Crippen molar-refractivity contribution in [2.45, 2.75) is 26.7 Å². The molecular formula is C32H32Cl2F4N2Ti. The van der Waals surface area contributed by atoms with Gasteiger partial charge < -0.3 is 9.80 Å². The largest absolute Gasteiger partial charge is 4.00 e. The zero-order valence-corrected chi connectivity index (χ0v) is 26.2. The van der Waals surface area contributed by atoms with Crippen LogP contribution in [0.3, 0.4) is 0 Å². The molecule has 0 N–H and O–H groups in total. The first-order chi connectivity index (χ1) is 19.1. The fraction of sp³-hybridized carbons (Fsp3) is 0.375. The fourth-order valence-electron chi connectivity index (χ4n) is 4.30. The second-order valence-corrected chi connectivity index (χ2v) is 11.2. The number of nitrogens with zero attached hydrogens (tertiary/aromatic N) is 2. The van der Waals surface area contributed by atoms with E-state index in [-0.39, 0.29) is 32.5 Å². The number of rotatable bonds is 4. The maximum Gasteiger partial charge on any atom is 4.00 e. The average molecular weight is 639 g/mol. The summed E-state index contributed by atoms with van der Waals surface area (Å²) < 4.78 is 51.8. The Morgan fingerprint density at radius 2 is 1.05 bits per heavy atom. The first kappa shape index (κ1) is 35.2. The van der Waals surface area contributed by atoms with E-state index in [4.69, 9.17) is 23.2 Å². The van der Waals surface area contributed by atoms with Gasteiger partial charge in [0.05, 0.1) is 0 Å². The zero-order chi connectivity index (χ0) is 29.2. The number of hydrogen-bond donors (Lipinski definition) is 0. The van der Waals surface area contributed by atoms with Crippen LogP contribution in [0.5, 0.6) is 0 Å². The monoisotopic (exact) mass is 638 g/mol. The molecule has 0 amide bonds. The van der Waals surface area contributed by atoms with Crippen LogP contribution in [0.25, 0.3) is 0 Å². The van der Waals surface area contributed by atoms with E-state index in [1.165, 1.54) is 24.3 Å². The quantitative estimate of drug-likeness (QED) is 0.144. The van der Waals surface area contributed by atoms with E-state index in [0.717, 1.165) is 12.8 Å². The van der Waals surface area contributed by atoms with Gasteiger partial charge >= 0.3 is 21.7 Å². The average Bonchev–Trinajstić information content (AvgIpc) is 3.66. The molecule has 2 aromatic carbocycles. The van der Waals surface area contributed by atoms with Crippen molar-refractivity contribution in [2.75, 3.05) is 47.7 Å². The Morgan fingerprint density at radius 3 is 1.27 bits per heavy atom. The summed E-state index contributed by atoms with van der Waals surface area (Å²) in [4.78, 5) is 3.68. The summed E-state index contributed by atoms with van der Waals surface area (Å²) >= 11 is 11.5. The molecule has 0 bridgehead atoms. The summed E-state index contributed by atoms with van der Waals surface area (Å²) in [5, 5.41) is 0. The third-order valence-electron chi connectivity index (χ3n) is 6.47. The number of benzene rings is 2. The van der Waals surface area contributed by atoms with Crippen molar-refractivity contribution >= 4 is 34.6 Å². The van der Waals surface area contributed by atoms with Crippen molar-refractivity contribution in [3.8, 4) is 0 Å². The molecule has 2 saturated heterocycles. The summed E-state index contributed by atoms with van der Waals surface area (Å²) in [5.41, 5.74) is 0.892. The molecule has 2 nitrogen and oxygen atoms in total. The fourth-order valence-corrected chi connectivity index (χ4v) is 4.64. The molecule has 2 aromatic rings. The van der Waals surface area contributed by atoms with Crippen molar-refractivity contribution in [1.29, 1.82) is 0 Å². The molecule has 4 aliphatic rings. The van der Waals surface area contributed by atoms with Gasteiger partial charge in [-0.2, -0.15) is 12.2 Å². The minimum Gasteiger partial charge on any atom is -0.420 e. The number of halogens is 6. The van der Waals surface area contributed by atoms with Crippen LogP contribution in [-0.4, -0.2) is 37.9 Å². The van der Waals surface area contributed by atoms with Crippen LogP contribution >= 0.6 is 23.2 Å². The van der Waals surface area contributed by atoms with E-state index < -0.39 is 23.3 Å². The minimum atomic E-state index is -0.670. The van der Waals surface area contributed by atoms with Gasteiger partial charge in [-0.3, -0.25) is 12.2 Å². The van der Waals surface area contributed by atoms with Crippen LogP contribution in [0.1, 0.15) is 26.7 Å². The first-order valence-corrected chi connectivity index (χ1v) is 13.9. The topological polar surface area (TPSA) is 6.48 Å². The van der Waals surface area contributed by atoms with E-state index in [9.17, 15) is 17.6 Å². The van der Waals surface area contributed by atoms with Gasteiger partial charge in [0.25, 0.3) is 0 Å². The van der Waals surface area contributed by atoms with Crippen molar-refractivity contribution in [1.82, 2.24) is 0 Å². The Morgan fingerprint density at radius 1 is 0.683 bits per heavy atom. The van der Waals surface area contributed by atoms with Crippen LogP contribution in [0.15, 0.2) is 60.7 Å². The van der Waals surface area contributed by atoms with E-state index in [2.05, 4.69) is 24.3 Å². The molecule has 0 radical (unpaired) electrons. The molecule has 41 heavy (non-hydrogen) atoms. The second kappa shape index (κ2) is 16.6. The zero-order valence-electron chi connectivity index (χ0n) is 23.1. The Kier molecular flexibility index (Phi) is 14.3. The van der Waals surface area contributed by atoms with Gasteiger partial charge in [-0.1, -0.05) is 13.8 Å². The summed E-state index contributed by atoms with van der Waals surface area (Å²) in [6.07, 6.45) is 20.0. The molecule has 6 rings (SSSR count). The molecule has 2 heterocycles. The molecule has 2 aliphatic carbocycles. The van der Waals surface area contributed by atoms with Gasteiger partial charge in [0.15, 0.2) is 0 Å². The van der Waals surface area contributed by atoms with E-state index in [0.29, 0.717) is 49.3 Å². The smallest absolute Gasteiger partial charge is 0.420 e. The number of allylic oxidation sites excluding steroid dienone is 8. The normalized spacial score (nSPS) is 18.0. The second-order valence-electron chi connectivity index (χ2n) is 10.6. The van der Waals surface area contributed by atoms with Gasteiger partial charge in [-0.25, -0.2) is 41.9 Å². The molecule has 2 aliphatic heterocycles. The van der Waals surface area contributed by atoms with Crippen LogP contribution in [0.2, 0.25) is 0 Å². The Labute approximate surface area is 266 Å². The third kappa shape index (κ3) is 10.7.